The molecule has 1 aromatic rings. The van der Waals surface area contributed by atoms with Crippen molar-refractivity contribution in [1.82, 2.24) is 15.0 Å². The van der Waals surface area contributed by atoms with Crippen molar-refractivity contribution in [1.29, 1.82) is 0 Å². The van der Waals surface area contributed by atoms with E-state index in [-0.39, 0.29) is 23.5 Å². The quantitative estimate of drug-likeness (QED) is 0.809. The van der Waals surface area contributed by atoms with E-state index in [9.17, 15) is 13.2 Å². The summed E-state index contributed by atoms with van der Waals surface area (Å²) in [5.74, 6) is 0.611. The lowest BCUT2D eigenvalue weighted by atomic mass is 9.97. The van der Waals surface area contributed by atoms with E-state index in [4.69, 9.17) is 4.52 Å². The molecule has 1 atom stereocenters. The van der Waals surface area contributed by atoms with Crippen molar-refractivity contribution in [2.45, 2.75) is 45.4 Å². The van der Waals surface area contributed by atoms with E-state index in [2.05, 4.69) is 10.1 Å². The van der Waals surface area contributed by atoms with Crippen LogP contribution in [-0.2, 0) is 14.6 Å². The first-order valence-corrected chi connectivity index (χ1v) is 9.46. The molecule has 0 aliphatic carbocycles. The number of rotatable bonds is 5. The molecule has 0 saturated carbocycles. The fraction of sp³-hybridized carbons (Fsp3) is 0.786. The second-order valence-electron chi connectivity index (χ2n) is 6.00. The van der Waals surface area contributed by atoms with E-state index >= 15 is 0 Å². The first kappa shape index (κ1) is 16.9. The fourth-order valence-electron chi connectivity index (χ4n) is 2.44. The summed E-state index contributed by atoms with van der Waals surface area (Å²) in [7, 11) is -3.30. The van der Waals surface area contributed by atoms with Crippen LogP contribution in [0.4, 0.5) is 0 Å². The Bertz CT molecular complexity index is 624. The molecule has 7 nitrogen and oxygen atoms in total. The SMILES string of the molecule is CCS(=O)(=O)CC(=O)N1CCC[C@H](c2noc(C(C)C)n2)C1. The number of likely N-dealkylation sites (tertiary alicyclic amines) is 1. The minimum absolute atomic E-state index is 0.0123. The van der Waals surface area contributed by atoms with Crippen molar-refractivity contribution < 1.29 is 17.7 Å². The van der Waals surface area contributed by atoms with Crippen molar-refractivity contribution in [2.75, 3.05) is 24.6 Å². The molecule has 0 unspecified atom stereocenters. The Balaban J connectivity index is 2.03. The highest BCUT2D eigenvalue weighted by molar-refractivity contribution is 7.92. The summed E-state index contributed by atoms with van der Waals surface area (Å²) in [6.07, 6.45) is 1.69. The van der Waals surface area contributed by atoms with Gasteiger partial charge in [-0.1, -0.05) is 25.9 Å². The average Bonchev–Trinajstić information content (AvgIpc) is 2.97. The van der Waals surface area contributed by atoms with Crippen LogP contribution < -0.4 is 0 Å². The molecule has 1 amide bonds. The smallest absolute Gasteiger partial charge is 0.237 e. The van der Waals surface area contributed by atoms with E-state index in [1.54, 1.807) is 11.8 Å². The summed E-state index contributed by atoms with van der Waals surface area (Å²) in [4.78, 5) is 18.1. The highest BCUT2D eigenvalue weighted by Crippen LogP contribution is 2.26. The number of carbonyl (C=O) groups is 1. The first-order valence-electron chi connectivity index (χ1n) is 7.64. The third-order valence-electron chi connectivity index (χ3n) is 3.87. The van der Waals surface area contributed by atoms with Crippen molar-refractivity contribution in [3.63, 3.8) is 0 Å². The Morgan fingerprint density at radius 1 is 1.45 bits per heavy atom. The Hall–Kier alpha value is -1.44. The fourth-order valence-corrected chi connectivity index (χ4v) is 3.21. The minimum Gasteiger partial charge on any atom is -0.341 e. The Labute approximate surface area is 131 Å². The number of carbonyl (C=O) groups excluding carboxylic acids is 1. The molecule has 1 aliphatic rings. The van der Waals surface area contributed by atoms with E-state index in [1.165, 1.54) is 0 Å². The van der Waals surface area contributed by atoms with Crippen molar-refractivity contribution in [2.24, 2.45) is 0 Å². The molecule has 2 rings (SSSR count). The molecule has 8 heteroatoms. The van der Waals surface area contributed by atoms with Crippen molar-refractivity contribution >= 4 is 15.7 Å². The van der Waals surface area contributed by atoms with E-state index in [0.29, 0.717) is 24.8 Å². The number of hydrogen-bond acceptors (Lipinski definition) is 6. The molecule has 1 fully saturated rings. The van der Waals surface area contributed by atoms with Gasteiger partial charge in [-0.05, 0) is 12.8 Å². The van der Waals surface area contributed by atoms with Crippen molar-refractivity contribution in [3.05, 3.63) is 11.7 Å². The van der Waals surface area contributed by atoms with Crippen LogP contribution in [0, 0.1) is 0 Å². The van der Waals surface area contributed by atoms with Gasteiger partial charge in [0, 0.05) is 30.7 Å². The van der Waals surface area contributed by atoms with Gasteiger partial charge in [0.05, 0.1) is 0 Å². The zero-order valence-electron chi connectivity index (χ0n) is 13.3. The maximum atomic E-state index is 12.1. The second-order valence-corrected chi connectivity index (χ2v) is 8.35. The van der Waals surface area contributed by atoms with Crippen LogP contribution in [0.5, 0.6) is 0 Å². The minimum atomic E-state index is -3.30. The summed E-state index contributed by atoms with van der Waals surface area (Å²) in [5, 5.41) is 4.00. The molecular weight excluding hydrogens is 306 g/mol. The van der Waals surface area contributed by atoms with E-state index in [1.807, 2.05) is 13.8 Å². The Kier molecular flexibility index (Phi) is 5.20. The standard InChI is InChI=1S/C14H23N3O4S/c1-4-22(19,20)9-12(18)17-7-5-6-11(8-17)13-15-14(10(2)3)21-16-13/h10-11H,4-9H2,1-3H3/t11-/m0/s1. The predicted molar refractivity (Wildman–Crippen MR) is 81.3 cm³/mol. The Morgan fingerprint density at radius 3 is 2.77 bits per heavy atom. The highest BCUT2D eigenvalue weighted by Gasteiger charge is 2.29. The summed E-state index contributed by atoms with van der Waals surface area (Å²) in [6.45, 7) is 6.54. The van der Waals surface area contributed by atoms with Crippen LogP contribution in [0.25, 0.3) is 0 Å². The first-order chi connectivity index (χ1) is 10.3. The van der Waals surface area contributed by atoms with Gasteiger partial charge in [-0.2, -0.15) is 4.98 Å². The number of sulfone groups is 1. The molecule has 22 heavy (non-hydrogen) atoms. The molecule has 0 bridgehead atoms. The summed E-state index contributed by atoms with van der Waals surface area (Å²) >= 11 is 0. The van der Waals surface area contributed by atoms with Crippen LogP contribution in [-0.4, -0.2) is 54.0 Å². The van der Waals surface area contributed by atoms with Gasteiger partial charge in [0.15, 0.2) is 15.7 Å². The predicted octanol–water partition coefficient (Wildman–Crippen LogP) is 1.33. The number of amides is 1. The summed E-state index contributed by atoms with van der Waals surface area (Å²) in [5.41, 5.74) is 0. The van der Waals surface area contributed by atoms with Crippen molar-refractivity contribution in [3.8, 4) is 0 Å². The normalized spacial score (nSPS) is 19.6. The lowest BCUT2D eigenvalue weighted by Gasteiger charge is -2.31. The lowest BCUT2D eigenvalue weighted by Crippen LogP contribution is -2.42. The van der Waals surface area contributed by atoms with Crippen LogP contribution in [0.15, 0.2) is 4.52 Å². The molecule has 1 aromatic heterocycles. The molecule has 2 heterocycles. The highest BCUT2D eigenvalue weighted by atomic mass is 32.2. The van der Waals surface area contributed by atoms with Crippen LogP contribution in [0.3, 0.4) is 0 Å². The number of aromatic nitrogens is 2. The lowest BCUT2D eigenvalue weighted by molar-refractivity contribution is -0.129. The molecule has 0 spiro atoms. The molecule has 0 radical (unpaired) electrons. The third kappa shape index (κ3) is 4.06. The van der Waals surface area contributed by atoms with Crippen LogP contribution >= 0.6 is 0 Å². The largest absolute Gasteiger partial charge is 0.341 e. The van der Waals surface area contributed by atoms with Crippen LogP contribution in [0.1, 0.15) is 57.2 Å². The molecule has 1 aliphatic heterocycles. The van der Waals surface area contributed by atoms with Gasteiger partial charge >= 0.3 is 0 Å². The maximum Gasteiger partial charge on any atom is 0.237 e. The van der Waals surface area contributed by atoms with Gasteiger partial charge < -0.3 is 9.42 Å². The molecular formula is C14H23N3O4S. The maximum absolute atomic E-state index is 12.1. The van der Waals surface area contributed by atoms with E-state index < -0.39 is 15.6 Å². The molecule has 0 N–H and O–H groups in total. The van der Waals surface area contributed by atoms with Gasteiger partial charge in [-0.3, -0.25) is 4.79 Å². The van der Waals surface area contributed by atoms with Gasteiger partial charge in [0.2, 0.25) is 11.8 Å². The van der Waals surface area contributed by atoms with Gasteiger partial charge in [0.1, 0.15) is 5.75 Å². The zero-order chi connectivity index (χ0) is 16.3. The number of hydrogen-bond donors (Lipinski definition) is 0. The second kappa shape index (κ2) is 6.76. The Morgan fingerprint density at radius 2 is 2.18 bits per heavy atom. The monoisotopic (exact) mass is 329 g/mol. The third-order valence-corrected chi connectivity index (χ3v) is 5.44. The summed E-state index contributed by atoms with van der Waals surface area (Å²) < 4.78 is 28.4. The van der Waals surface area contributed by atoms with Crippen LogP contribution in [0.2, 0.25) is 0 Å². The van der Waals surface area contributed by atoms with Gasteiger partial charge in [-0.25, -0.2) is 8.42 Å². The summed E-state index contributed by atoms with van der Waals surface area (Å²) in [6, 6.07) is 0. The van der Waals surface area contributed by atoms with E-state index in [0.717, 1.165) is 12.8 Å². The topological polar surface area (TPSA) is 93.4 Å². The number of piperidine rings is 1. The number of nitrogens with zero attached hydrogens (tertiary/aromatic N) is 3. The molecule has 124 valence electrons. The van der Waals surface area contributed by atoms with Gasteiger partial charge in [0.25, 0.3) is 0 Å². The van der Waals surface area contributed by atoms with Gasteiger partial charge in [-0.15, -0.1) is 0 Å². The molecule has 0 aromatic carbocycles. The molecule has 1 saturated heterocycles. The average molecular weight is 329 g/mol. The zero-order valence-corrected chi connectivity index (χ0v) is 14.1.